The first-order valence-corrected chi connectivity index (χ1v) is 7.51. The summed E-state index contributed by atoms with van der Waals surface area (Å²) >= 11 is 1.63. The quantitative estimate of drug-likeness (QED) is 0.902. The number of carboxylic acid groups (broad SMARTS) is 1. The van der Waals surface area contributed by atoms with Gasteiger partial charge in [0.25, 0.3) is 0 Å². The van der Waals surface area contributed by atoms with E-state index in [1.807, 2.05) is 19.1 Å². The van der Waals surface area contributed by atoms with Gasteiger partial charge >= 0.3 is 5.97 Å². The zero-order chi connectivity index (χ0) is 14.0. The van der Waals surface area contributed by atoms with E-state index in [0.29, 0.717) is 6.54 Å². The number of amides is 1. The van der Waals surface area contributed by atoms with Crippen molar-refractivity contribution in [3.63, 3.8) is 0 Å². The van der Waals surface area contributed by atoms with Gasteiger partial charge in [-0.1, -0.05) is 13.8 Å². The molecule has 0 saturated carbocycles. The normalized spacial score (nSPS) is 23.1. The molecule has 2 atom stereocenters. The maximum Gasteiger partial charge on any atom is 0.309 e. The molecule has 104 valence electrons. The second-order valence-corrected chi connectivity index (χ2v) is 6.04. The molecule has 1 aliphatic rings. The largest absolute Gasteiger partial charge is 0.481 e. The molecule has 0 aliphatic carbocycles. The Morgan fingerprint density at radius 3 is 2.74 bits per heavy atom. The number of nitrogens with zero attached hydrogens (tertiary/aromatic N) is 1. The van der Waals surface area contributed by atoms with Gasteiger partial charge in [-0.2, -0.15) is 0 Å². The molecule has 1 aromatic rings. The van der Waals surface area contributed by atoms with Crippen molar-refractivity contribution in [3.05, 3.63) is 21.9 Å². The smallest absolute Gasteiger partial charge is 0.309 e. The molecule has 0 aromatic carbocycles. The zero-order valence-corrected chi connectivity index (χ0v) is 12.1. The van der Waals surface area contributed by atoms with Gasteiger partial charge in [0, 0.05) is 22.7 Å². The van der Waals surface area contributed by atoms with Crippen LogP contribution in [0.4, 0.5) is 0 Å². The lowest BCUT2D eigenvalue weighted by atomic mass is 9.99. The highest BCUT2D eigenvalue weighted by atomic mass is 32.1. The van der Waals surface area contributed by atoms with Gasteiger partial charge in [-0.3, -0.25) is 9.59 Å². The second-order valence-electron chi connectivity index (χ2n) is 4.84. The van der Waals surface area contributed by atoms with Crippen LogP contribution in [0.2, 0.25) is 0 Å². The van der Waals surface area contributed by atoms with Crippen LogP contribution >= 0.6 is 11.3 Å². The SMILES string of the molecule is CCCN1C(=O)CC(C(=O)O)C1c1ccc(CC)s1. The summed E-state index contributed by atoms with van der Waals surface area (Å²) in [5.74, 6) is -1.52. The average molecular weight is 281 g/mol. The Morgan fingerprint density at radius 1 is 1.47 bits per heavy atom. The van der Waals surface area contributed by atoms with E-state index in [1.165, 1.54) is 4.88 Å². The number of hydrogen-bond donors (Lipinski definition) is 1. The van der Waals surface area contributed by atoms with Crippen molar-refractivity contribution in [2.75, 3.05) is 6.54 Å². The molecule has 4 nitrogen and oxygen atoms in total. The molecule has 0 spiro atoms. The van der Waals surface area contributed by atoms with E-state index in [4.69, 9.17) is 0 Å². The zero-order valence-electron chi connectivity index (χ0n) is 11.3. The first-order valence-electron chi connectivity index (χ1n) is 6.69. The van der Waals surface area contributed by atoms with Crippen molar-refractivity contribution in [2.24, 2.45) is 5.92 Å². The lowest BCUT2D eigenvalue weighted by Gasteiger charge is -2.25. The minimum atomic E-state index is -0.872. The third kappa shape index (κ3) is 2.66. The van der Waals surface area contributed by atoms with E-state index in [9.17, 15) is 14.7 Å². The lowest BCUT2D eigenvalue weighted by Crippen LogP contribution is -2.30. The predicted molar refractivity (Wildman–Crippen MR) is 74.2 cm³/mol. The summed E-state index contributed by atoms with van der Waals surface area (Å²) in [6.45, 7) is 4.71. The molecule has 1 amide bonds. The highest BCUT2D eigenvalue weighted by molar-refractivity contribution is 7.12. The number of aryl methyl sites for hydroxylation is 1. The number of likely N-dealkylation sites (tertiary alicyclic amines) is 1. The van der Waals surface area contributed by atoms with Crippen molar-refractivity contribution < 1.29 is 14.7 Å². The molecule has 1 aromatic heterocycles. The Labute approximate surface area is 117 Å². The number of thiophene rings is 1. The van der Waals surface area contributed by atoms with E-state index in [2.05, 4.69) is 6.92 Å². The topological polar surface area (TPSA) is 57.6 Å². The van der Waals surface area contributed by atoms with E-state index in [0.717, 1.165) is 17.7 Å². The Balaban J connectivity index is 2.34. The third-order valence-electron chi connectivity index (χ3n) is 3.54. The van der Waals surface area contributed by atoms with Crippen molar-refractivity contribution in [2.45, 2.75) is 39.2 Å². The van der Waals surface area contributed by atoms with Crippen LogP contribution < -0.4 is 0 Å². The fourth-order valence-electron chi connectivity index (χ4n) is 2.61. The Morgan fingerprint density at radius 2 is 2.21 bits per heavy atom. The number of carbonyl (C=O) groups excluding carboxylic acids is 1. The molecule has 2 unspecified atom stereocenters. The maximum atomic E-state index is 12.0. The third-order valence-corrected chi connectivity index (χ3v) is 4.84. The maximum absolute atomic E-state index is 12.0. The Bertz CT molecular complexity index is 483. The minimum Gasteiger partial charge on any atom is -0.481 e. The van der Waals surface area contributed by atoms with Crippen LogP contribution in [0.15, 0.2) is 12.1 Å². The van der Waals surface area contributed by atoms with Crippen LogP contribution in [-0.2, 0) is 16.0 Å². The van der Waals surface area contributed by atoms with Crippen molar-refractivity contribution >= 4 is 23.2 Å². The van der Waals surface area contributed by atoms with Crippen LogP contribution in [0, 0.1) is 5.92 Å². The molecular formula is C14H19NO3S. The Kier molecular flexibility index (Phi) is 4.24. The lowest BCUT2D eigenvalue weighted by molar-refractivity contribution is -0.142. The molecule has 1 fully saturated rings. The van der Waals surface area contributed by atoms with E-state index in [1.54, 1.807) is 16.2 Å². The standard InChI is InChI=1S/C14H19NO3S/c1-3-7-15-12(16)8-10(14(17)18)13(15)11-6-5-9(4-2)19-11/h5-6,10,13H,3-4,7-8H2,1-2H3,(H,17,18). The van der Waals surface area contributed by atoms with Gasteiger partial charge in [0.2, 0.25) is 5.91 Å². The summed E-state index contributed by atoms with van der Waals surface area (Å²) in [4.78, 5) is 27.4. The van der Waals surface area contributed by atoms with E-state index in [-0.39, 0.29) is 18.4 Å². The first kappa shape index (κ1) is 14.1. The van der Waals surface area contributed by atoms with Gasteiger partial charge in [0.15, 0.2) is 0 Å². The molecule has 5 heteroatoms. The molecule has 1 aliphatic heterocycles. The van der Waals surface area contributed by atoms with Gasteiger partial charge < -0.3 is 10.0 Å². The van der Waals surface area contributed by atoms with Crippen molar-refractivity contribution in [3.8, 4) is 0 Å². The molecule has 2 heterocycles. The summed E-state index contributed by atoms with van der Waals surface area (Å²) in [6, 6.07) is 3.73. The van der Waals surface area contributed by atoms with E-state index >= 15 is 0 Å². The van der Waals surface area contributed by atoms with Crippen LogP contribution in [0.5, 0.6) is 0 Å². The summed E-state index contributed by atoms with van der Waals surface area (Å²) < 4.78 is 0. The second kappa shape index (κ2) is 5.74. The summed E-state index contributed by atoms with van der Waals surface area (Å²) in [6.07, 6.45) is 1.91. The molecule has 2 rings (SSSR count). The molecule has 1 saturated heterocycles. The number of carboxylic acids is 1. The molecule has 0 radical (unpaired) electrons. The summed E-state index contributed by atoms with van der Waals surface area (Å²) in [7, 11) is 0. The predicted octanol–water partition coefficient (Wildman–Crippen LogP) is 2.69. The van der Waals surface area contributed by atoms with Crippen molar-refractivity contribution in [1.82, 2.24) is 4.90 Å². The summed E-state index contributed by atoms with van der Waals surface area (Å²) in [5, 5.41) is 9.34. The van der Waals surface area contributed by atoms with Crippen LogP contribution in [0.25, 0.3) is 0 Å². The average Bonchev–Trinajstić information content (AvgIpc) is 2.95. The van der Waals surface area contributed by atoms with Crippen LogP contribution in [0.3, 0.4) is 0 Å². The van der Waals surface area contributed by atoms with Gasteiger partial charge in [-0.25, -0.2) is 0 Å². The number of hydrogen-bond acceptors (Lipinski definition) is 3. The number of aliphatic carboxylic acids is 1. The Hall–Kier alpha value is -1.36. The highest BCUT2D eigenvalue weighted by Crippen LogP contribution is 2.41. The number of carbonyl (C=O) groups is 2. The molecule has 19 heavy (non-hydrogen) atoms. The van der Waals surface area contributed by atoms with Crippen LogP contribution in [0.1, 0.15) is 42.5 Å². The minimum absolute atomic E-state index is 0.0364. The van der Waals surface area contributed by atoms with E-state index < -0.39 is 11.9 Å². The fraction of sp³-hybridized carbons (Fsp3) is 0.571. The fourth-order valence-corrected chi connectivity index (χ4v) is 3.74. The van der Waals surface area contributed by atoms with Gasteiger partial charge in [0.05, 0.1) is 12.0 Å². The highest BCUT2D eigenvalue weighted by Gasteiger charge is 2.44. The summed E-state index contributed by atoms with van der Waals surface area (Å²) in [5.41, 5.74) is 0. The van der Waals surface area contributed by atoms with Gasteiger partial charge in [-0.05, 0) is 25.0 Å². The molecule has 1 N–H and O–H groups in total. The molecular weight excluding hydrogens is 262 g/mol. The van der Waals surface area contributed by atoms with Gasteiger partial charge in [-0.15, -0.1) is 11.3 Å². The molecule has 0 bridgehead atoms. The van der Waals surface area contributed by atoms with Crippen LogP contribution in [-0.4, -0.2) is 28.4 Å². The first-order chi connectivity index (χ1) is 9.08. The van der Waals surface area contributed by atoms with Gasteiger partial charge in [0.1, 0.15) is 0 Å². The number of rotatable bonds is 5. The monoisotopic (exact) mass is 281 g/mol. The van der Waals surface area contributed by atoms with Crippen molar-refractivity contribution in [1.29, 1.82) is 0 Å².